The van der Waals surface area contributed by atoms with Gasteiger partial charge in [0.05, 0.1) is 12.0 Å². The number of hydrazone groups is 1. The van der Waals surface area contributed by atoms with Gasteiger partial charge in [-0.05, 0) is 66.2 Å². The lowest BCUT2D eigenvalue weighted by Gasteiger charge is -2.07. The van der Waals surface area contributed by atoms with E-state index in [0.717, 1.165) is 16.1 Å². The number of para-hydroxylation sites is 1. The maximum Gasteiger partial charge on any atom is 0.262 e. The molecule has 3 aromatic rings. The van der Waals surface area contributed by atoms with Crippen molar-refractivity contribution >= 4 is 47.1 Å². The second-order valence-electron chi connectivity index (χ2n) is 6.31. The van der Waals surface area contributed by atoms with Gasteiger partial charge in [-0.3, -0.25) is 9.59 Å². The second kappa shape index (κ2) is 11.8. The monoisotopic (exact) mass is 453 g/mol. The number of carbonyl (C=O) groups is 2. The molecule has 6 nitrogen and oxygen atoms in total. The van der Waals surface area contributed by atoms with E-state index in [1.54, 1.807) is 48.5 Å². The summed E-state index contributed by atoms with van der Waals surface area (Å²) in [4.78, 5) is 24.7. The minimum atomic E-state index is -0.240. The van der Waals surface area contributed by atoms with E-state index in [4.69, 9.17) is 16.3 Å². The van der Waals surface area contributed by atoms with E-state index >= 15 is 0 Å². The molecule has 0 spiro atoms. The van der Waals surface area contributed by atoms with E-state index in [0.29, 0.717) is 10.8 Å². The Balaban J connectivity index is 1.38. The van der Waals surface area contributed by atoms with Gasteiger partial charge in [0.2, 0.25) is 5.91 Å². The molecular formula is C23H20ClN3O3S. The summed E-state index contributed by atoms with van der Waals surface area (Å²) in [6, 6.07) is 23.5. The van der Waals surface area contributed by atoms with Gasteiger partial charge in [0.15, 0.2) is 6.61 Å². The Labute approximate surface area is 189 Å². The van der Waals surface area contributed by atoms with Crippen LogP contribution in [0.3, 0.4) is 0 Å². The summed E-state index contributed by atoms with van der Waals surface area (Å²) in [6.07, 6.45) is 1.54. The molecule has 0 bridgehead atoms. The standard InChI is InChI=1S/C23H20ClN3O3S/c24-18-8-12-21(13-9-18)31-16-23(29)27-25-14-17-6-10-20(11-7-17)30-15-22(28)26-19-4-2-1-3-5-19/h1-14H,15-16H2,(H,26,28)(H,27,29)/b25-14+. The highest BCUT2D eigenvalue weighted by Crippen LogP contribution is 2.19. The van der Waals surface area contributed by atoms with E-state index < -0.39 is 0 Å². The lowest BCUT2D eigenvalue weighted by atomic mass is 10.2. The van der Waals surface area contributed by atoms with Crippen LogP contribution in [0.15, 0.2) is 88.9 Å². The minimum absolute atomic E-state index is 0.0936. The summed E-state index contributed by atoms with van der Waals surface area (Å²) in [7, 11) is 0. The molecule has 8 heteroatoms. The molecule has 0 aromatic heterocycles. The van der Waals surface area contributed by atoms with Crippen LogP contribution in [0.4, 0.5) is 5.69 Å². The molecule has 3 aromatic carbocycles. The third-order valence-corrected chi connectivity index (χ3v) is 5.16. The maximum atomic E-state index is 11.9. The highest BCUT2D eigenvalue weighted by atomic mass is 35.5. The highest BCUT2D eigenvalue weighted by molar-refractivity contribution is 8.00. The number of carbonyl (C=O) groups excluding carboxylic acids is 2. The number of thioether (sulfide) groups is 1. The van der Waals surface area contributed by atoms with E-state index in [1.807, 2.05) is 30.3 Å². The molecule has 158 valence electrons. The van der Waals surface area contributed by atoms with Crippen molar-refractivity contribution in [3.63, 3.8) is 0 Å². The van der Waals surface area contributed by atoms with E-state index in [1.165, 1.54) is 18.0 Å². The van der Waals surface area contributed by atoms with Crippen molar-refractivity contribution in [2.45, 2.75) is 4.90 Å². The Morgan fingerprint density at radius 2 is 1.65 bits per heavy atom. The fourth-order valence-electron chi connectivity index (χ4n) is 2.41. The van der Waals surface area contributed by atoms with Gasteiger partial charge in [-0.2, -0.15) is 5.10 Å². The van der Waals surface area contributed by atoms with E-state index in [9.17, 15) is 9.59 Å². The largest absolute Gasteiger partial charge is 0.484 e. The number of nitrogens with zero attached hydrogens (tertiary/aromatic N) is 1. The molecule has 0 aliphatic rings. The Bertz CT molecular complexity index is 1030. The van der Waals surface area contributed by atoms with Crippen LogP contribution in [0, 0.1) is 0 Å². The van der Waals surface area contributed by atoms with E-state index in [2.05, 4.69) is 15.8 Å². The van der Waals surface area contributed by atoms with Crippen molar-refractivity contribution in [2.24, 2.45) is 5.10 Å². The van der Waals surface area contributed by atoms with Gasteiger partial charge in [0.25, 0.3) is 5.91 Å². The lowest BCUT2D eigenvalue weighted by molar-refractivity contribution is -0.119. The quantitative estimate of drug-likeness (QED) is 0.282. The third kappa shape index (κ3) is 8.16. The van der Waals surface area contributed by atoms with Gasteiger partial charge in [0, 0.05) is 15.6 Å². The van der Waals surface area contributed by atoms with Crippen molar-refractivity contribution < 1.29 is 14.3 Å². The van der Waals surface area contributed by atoms with Crippen LogP contribution in [0.1, 0.15) is 5.56 Å². The number of rotatable bonds is 9. The number of anilines is 1. The maximum absolute atomic E-state index is 11.9. The van der Waals surface area contributed by atoms with Crippen LogP contribution in [0.2, 0.25) is 5.02 Å². The zero-order valence-electron chi connectivity index (χ0n) is 16.5. The van der Waals surface area contributed by atoms with Gasteiger partial charge in [-0.15, -0.1) is 11.8 Å². The molecular weight excluding hydrogens is 434 g/mol. The molecule has 0 radical (unpaired) electrons. The normalized spacial score (nSPS) is 10.6. The number of ether oxygens (including phenoxy) is 1. The van der Waals surface area contributed by atoms with Crippen LogP contribution in [0.25, 0.3) is 0 Å². The fraction of sp³-hybridized carbons (Fsp3) is 0.0870. The first-order valence-electron chi connectivity index (χ1n) is 9.36. The van der Waals surface area contributed by atoms with Crippen LogP contribution in [-0.2, 0) is 9.59 Å². The molecule has 31 heavy (non-hydrogen) atoms. The van der Waals surface area contributed by atoms with E-state index in [-0.39, 0.29) is 24.2 Å². The third-order valence-electron chi connectivity index (χ3n) is 3.89. The first-order valence-corrected chi connectivity index (χ1v) is 10.7. The van der Waals surface area contributed by atoms with Crippen LogP contribution >= 0.6 is 23.4 Å². The predicted octanol–water partition coefficient (Wildman–Crippen LogP) is 4.60. The molecule has 0 unspecified atom stereocenters. The minimum Gasteiger partial charge on any atom is -0.484 e. The summed E-state index contributed by atoms with van der Waals surface area (Å²) in [5.41, 5.74) is 3.99. The molecule has 0 saturated heterocycles. The average molecular weight is 454 g/mol. The first-order chi connectivity index (χ1) is 15.1. The molecule has 0 heterocycles. The summed E-state index contributed by atoms with van der Waals surface area (Å²) in [5, 5.41) is 7.36. The fourth-order valence-corrected chi connectivity index (χ4v) is 3.23. The molecule has 0 saturated carbocycles. The topological polar surface area (TPSA) is 79.8 Å². The van der Waals surface area contributed by atoms with Gasteiger partial charge < -0.3 is 10.1 Å². The second-order valence-corrected chi connectivity index (χ2v) is 7.79. The molecule has 0 aliphatic carbocycles. The first kappa shape index (κ1) is 22.4. The average Bonchev–Trinajstić information content (AvgIpc) is 2.79. The molecule has 3 rings (SSSR count). The Kier molecular flexibility index (Phi) is 8.51. The SMILES string of the molecule is O=C(CSc1ccc(Cl)cc1)N/N=C/c1ccc(OCC(=O)Nc2ccccc2)cc1. The number of nitrogens with one attached hydrogen (secondary N) is 2. The van der Waals surface area contributed by atoms with Crippen LogP contribution < -0.4 is 15.5 Å². The van der Waals surface area contributed by atoms with Crippen molar-refractivity contribution in [1.29, 1.82) is 0 Å². The van der Waals surface area contributed by atoms with Crippen LogP contribution in [-0.4, -0.2) is 30.4 Å². The Morgan fingerprint density at radius 1 is 0.935 bits per heavy atom. The van der Waals surface area contributed by atoms with Gasteiger partial charge in [-0.25, -0.2) is 5.43 Å². The predicted molar refractivity (Wildman–Crippen MR) is 125 cm³/mol. The Hall–Kier alpha value is -3.29. The molecule has 2 amide bonds. The number of hydrogen-bond donors (Lipinski definition) is 2. The zero-order valence-corrected chi connectivity index (χ0v) is 18.0. The van der Waals surface area contributed by atoms with Crippen molar-refractivity contribution in [2.75, 3.05) is 17.7 Å². The highest BCUT2D eigenvalue weighted by Gasteiger charge is 2.04. The summed E-state index contributed by atoms with van der Waals surface area (Å²) < 4.78 is 5.48. The van der Waals surface area contributed by atoms with Gasteiger partial charge in [0.1, 0.15) is 5.75 Å². The van der Waals surface area contributed by atoms with Crippen LogP contribution in [0.5, 0.6) is 5.75 Å². The molecule has 0 fully saturated rings. The molecule has 0 atom stereocenters. The van der Waals surface area contributed by atoms with Gasteiger partial charge >= 0.3 is 0 Å². The number of benzene rings is 3. The van der Waals surface area contributed by atoms with Crippen molar-refractivity contribution in [3.05, 3.63) is 89.4 Å². The molecule has 0 aliphatic heterocycles. The Morgan fingerprint density at radius 3 is 2.35 bits per heavy atom. The molecule has 2 N–H and O–H groups in total. The van der Waals surface area contributed by atoms with Crippen molar-refractivity contribution in [3.8, 4) is 5.75 Å². The lowest BCUT2D eigenvalue weighted by Crippen LogP contribution is -2.20. The smallest absolute Gasteiger partial charge is 0.262 e. The summed E-state index contributed by atoms with van der Waals surface area (Å²) >= 11 is 7.24. The summed E-state index contributed by atoms with van der Waals surface area (Å²) in [5.74, 6) is 0.358. The number of halogens is 1. The number of hydrogen-bond acceptors (Lipinski definition) is 5. The van der Waals surface area contributed by atoms with Crippen molar-refractivity contribution in [1.82, 2.24) is 5.43 Å². The summed E-state index contributed by atoms with van der Waals surface area (Å²) in [6.45, 7) is -0.0936. The zero-order chi connectivity index (χ0) is 21.9. The van der Waals surface area contributed by atoms with Gasteiger partial charge in [-0.1, -0.05) is 29.8 Å². The number of amides is 2.